The predicted molar refractivity (Wildman–Crippen MR) is 52.1 cm³/mol. The molecule has 2 fully saturated rings. The highest BCUT2D eigenvalue weighted by atomic mass is 15.2. The van der Waals surface area contributed by atoms with Crippen LogP contribution in [0.3, 0.4) is 0 Å². The van der Waals surface area contributed by atoms with Gasteiger partial charge in [0.05, 0.1) is 0 Å². The Kier molecular flexibility index (Phi) is 2.40. The summed E-state index contributed by atoms with van der Waals surface area (Å²) in [5.74, 6) is 2.99. The second-order valence-electron chi connectivity index (χ2n) is 5.05. The molecule has 0 amide bonds. The average Bonchev–Trinajstić information content (AvgIpc) is 2.26. The predicted octanol–water partition coefficient (Wildman–Crippen LogP) is 2.37. The molecule has 0 N–H and O–H groups in total. The zero-order valence-corrected chi connectivity index (χ0v) is 8.42. The van der Waals surface area contributed by atoms with Gasteiger partial charge in [-0.2, -0.15) is 0 Å². The maximum atomic E-state index is 2.67. The molecule has 2 heterocycles. The summed E-state index contributed by atoms with van der Waals surface area (Å²) in [4.78, 5) is 2.67. The maximum absolute atomic E-state index is 2.67. The van der Waals surface area contributed by atoms with Gasteiger partial charge in [0.15, 0.2) is 0 Å². The quantitative estimate of drug-likeness (QED) is 0.610. The van der Waals surface area contributed by atoms with Crippen molar-refractivity contribution >= 4 is 0 Å². The summed E-state index contributed by atoms with van der Waals surface area (Å²) < 4.78 is 0. The van der Waals surface area contributed by atoms with E-state index in [1.165, 1.54) is 38.9 Å². The number of piperidine rings is 1. The summed E-state index contributed by atoms with van der Waals surface area (Å²) in [5.41, 5.74) is 0. The molecule has 3 atom stereocenters. The van der Waals surface area contributed by atoms with E-state index in [9.17, 15) is 0 Å². The first kappa shape index (κ1) is 8.55. The molecule has 2 saturated heterocycles. The van der Waals surface area contributed by atoms with E-state index in [-0.39, 0.29) is 0 Å². The van der Waals surface area contributed by atoms with Crippen molar-refractivity contribution in [1.29, 1.82) is 0 Å². The molecule has 1 heteroatoms. The second kappa shape index (κ2) is 3.37. The first-order valence-corrected chi connectivity index (χ1v) is 5.48. The highest BCUT2D eigenvalue weighted by Crippen LogP contribution is 2.35. The van der Waals surface area contributed by atoms with Crippen LogP contribution >= 0.6 is 0 Å². The fraction of sp³-hybridized carbons (Fsp3) is 1.00. The third-order valence-corrected chi connectivity index (χ3v) is 3.48. The molecule has 1 nitrogen and oxygen atoms in total. The van der Waals surface area contributed by atoms with Crippen LogP contribution in [0.25, 0.3) is 0 Å². The van der Waals surface area contributed by atoms with E-state index in [4.69, 9.17) is 0 Å². The Bertz CT molecular complexity index is 151. The molecule has 0 radical (unpaired) electrons. The lowest BCUT2D eigenvalue weighted by Gasteiger charge is -2.22. The van der Waals surface area contributed by atoms with Gasteiger partial charge in [-0.1, -0.05) is 13.8 Å². The molecule has 12 heavy (non-hydrogen) atoms. The van der Waals surface area contributed by atoms with Crippen LogP contribution in [-0.2, 0) is 0 Å². The largest absolute Gasteiger partial charge is 0.303 e. The fourth-order valence-electron chi connectivity index (χ4n) is 3.00. The van der Waals surface area contributed by atoms with Crippen molar-refractivity contribution in [3.63, 3.8) is 0 Å². The summed E-state index contributed by atoms with van der Waals surface area (Å²) >= 11 is 0. The molecule has 0 aromatic rings. The zero-order valence-electron chi connectivity index (χ0n) is 8.42. The van der Waals surface area contributed by atoms with Crippen molar-refractivity contribution in [3.05, 3.63) is 0 Å². The number of rotatable bonds is 2. The summed E-state index contributed by atoms with van der Waals surface area (Å²) in [7, 11) is 0. The Morgan fingerprint density at radius 1 is 1.33 bits per heavy atom. The number of hydrogen-bond acceptors (Lipinski definition) is 1. The van der Waals surface area contributed by atoms with Gasteiger partial charge in [0.1, 0.15) is 0 Å². The third kappa shape index (κ3) is 1.66. The van der Waals surface area contributed by atoms with E-state index in [1.54, 1.807) is 0 Å². The van der Waals surface area contributed by atoms with E-state index in [0.717, 1.165) is 17.8 Å². The number of fused-ring (bicyclic) bond motifs is 2. The van der Waals surface area contributed by atoms with Crippen LogP contribution in [0.15, 0.2) is 0 Å². The Labute approximate surface area is 76.1 Å². The Morgan fingerprint density at radius 2 is 2.17 bits per heavy atom. The van der Waals surface area contributed by atoms with E-state index in [1.807, 2.05) is 0 Å². The van der Waals surface area contributed by atoms with E-state index < -0.39 is 0 Å². The van der Waals surface area contributed by atoms with Crippen LogP contribution in [0.2, 0.25) is 0 Å². The van der Waals surface area contributed by atoms with Crippen LogP contribution in [-0.4, -0.2) is 24.5 Å². The summed E-state index contributed by atoms with van der Waals surface area (Å²) in [6.45, 7) is 8.92. The minimum Gasteiger partial charge on any atom is -0.303 e. The van der Waals surface area contributed by atoms with Crippen molar-refractivity contribution in [2.45, 2.75) is 33.1 Å². The van der Waals surface area contributed by atoms with Gasteiger partial charge in [0.2, 0.25) is 0 Å². The molecule has 2 aliphatic rings. The van der Waals surface area contributed by atoms with Crippen LogP contribution in [0, 0.1) is 17.8 Å². The number of hydrogen-bond donors (Lipinski definition) is 0. The lowest BCUT2D eigenvalue weighted by atomic mass is 9.85. The highest BCUT2D eigenvalue weighted by molar-refractivity contribution is 4.87. The molecular formula is C11H21N. The second-order valence-corrected chi connectivity index (χ2v) is 5.05. The molecule has 0 spiro atoms. The molecule has 2 aliphatic heterocycles. The molecule has 0 saturated carbocycles. The van der Waals surface area contributed by atoms with Gasteiger partial charge >= 0.3 is 0 Å². The molecular weight excluding hydrogens is 146 g/mol. The Balaban J connectivity index is 1.91. The number of nitrogens with zero attached hydrogens (tertiary/aromatic N) is 1. The van der Waals surface area contributed by atoms with Crippen molar-refractivity contribution in [3.8, 4) is 0 Å². The zero-order chi connectivity index (χ0) is 8.55. The maximum Gasteiger partial charge on any atom is 0.00130 e. The van der Waals surface area contributed by atoms with Crippen molar-refractivity contribution in [2.24, 2.45) is 17.8 Å². The Hall–Kier alpha value is -0.0400. The van der Waals surface area contributed by atoms with Crippen LogP contribution in [0.4, 0.5) is 0 Å². The molecule has 2 unspecified atom stereocenters. The van der Waals surface area contributed by atoms with Gasteiger partial charge in [0, 0.05) is 13.1 Å². The highest BCUT2D eigenvalue weighted by Gasteiger charge is 2.35. The van der Waals surface area contributed by atoms with Gasteiger partial charge in [-0.3, -0.25) is 0 Å². The van der Waals surface area contributed by atoms with Crippen molar-refractivity contribution in [2.75, 3.05) is 19.6 Å². The fourth-order valence-corrected chi connectivity index (χ4v) is 3.00. The molecule has 0 aliphatic carbocycles. The first-order valence-electron chi connectivity index (χ1n) is 5.48. The van der Waals surface area contributed by atoms with Gasteiger partial charge in [-0.25, -0.2) is 0 Å². The lowest BCUT2D eigenvalue weighted by Crippen LogP contribution is -2.25. The molecule has 0 aromatic heterocycles. The lowest BCUT2D eigenvalue weighted by molar-refractivity contribution is 0.266. The molecule has 2 bridgehead atoms. The summed E-state index contributed by atoms with van der Waals surface area (Å²) in [6.07, 6.45) is 4.42. The van der Waals surface area contributed by atoms with Crippen LogP contribution < -0.4 is 0 Å². The average molecular weight is 167 g/mol. The van der Waals surface area contributed by atoms with Crippen LogP contribution in [0.5, 0.6) is 0 Å². The van der Waals surface area contributed by atoms with Crippen molar-refractivity contribution in [1.82, 2.24) is 4.90 Å². The topological polar surface area (TPSA) is 3.24 Å². The van der Waals surface area contributed by atoms with Gasteiger partial charge in [-0.15, -0.1) is 0 Å². The van der Waals surface area contributed by atoms with Gasteiger partial charge < -0.3 is 4.90 Å². The Morgan fingerprint density at radius 3 is 2.83 bits per heavy atom. The smallest absolute Gasteiger partial charge is 0.00130 e. The summed E-state index contributed by atoms with van der Waals surface area (Å²) in [6, 6.07) is 0. The van der Waals surface area contributed by atoms with E-state index in [0.29, 0.717) is 0 Å². The SMILES string of the molecule is CC(C)CC1CN2CCC[C@H]1C2. The van der Waals surface area contributed by atoms with Gasteiger partial charge in [-0.05, 0) is 43.6 Å². The van der Waals surface area contributed by atoms with E-state index in [2.05, 4.69) is 18.7 Å². The molecule has 0 aromatic carbocycles. The normalized spacial score (nSPS) is 40.8. The molecule has 2 rings (SSSR count). The van der Waals surface area contributed by atoms with E-state index >= 15 is 0 Å². The first-order chi connectivity index (χ1) is 5.75. The van der Waals surface area contributed by atoms with Crippen molar-refractivity contribution < 1.29 is 0 Å². The van der Waals surface area contributed by atoms with Crippen LogP contribution in [0.1, 0.15) is 33.1 Å². The summed E-state index contributed by atoms with van der Waals surface area (Å²) in [5, 5.41) is 0. The van der Waals surface area contributed by atoms with Gasteiger partial charge in [0.25, 0.3) is 0 Å². The minimum absolute atomic E-state index is 0.899. The standard InChI is InChI=1S/C11H21N/c1-9(2)6-11-8-12-5-3-4-10(11)7-12/h9-11H,3-8H2,1-2H3/t10-,11?/m0/s1. The minimum atomic E-state index is 0.899. The molecule has 70 valence electrons. The monoisotopic (exact) mass is 167 g/mol. The third-order valence-electron chi connectivity index (χ3n) is 3.48.